The fourth-order valence-electron chi connectivity index (χ4n) is 3.20. The first kappa shape index (κ1) is 18.2. The highest BCUT2D eigenvalue weighted by molar-refractivity contribution is 7.90. The molecule has 4 aromatic rings. The molecule has 0 aliphatic heterocycles. The molecule has 140 valence electrons. The van der Waals surface area contributed by atoms with Crippen LogP contribution in [0.5, 0.6) is 0 Å². The largest absolute Gasteiger partial charge is 0.437 e. The van der Waals surface area contributed by atoms with Gasteiger partial charge in [0.05, 0.1) is 4.90 Å². The minimum atomic E-state index is -3.91. The normalized spacial score (nSPS) is 12.4. The van der Waals surface area contributed by atoms with Crippen LogP contribution in [0.1, 0.15) is 11.1 Å². The van der Waals surface area contributed by atoms with Gasteiger partial charge in [-0.3, -0.25) is 0 Å². The first-order chi connectivity index (χ1) is 13.5. The SMILES string of the molecule is Cc1ccc(S(=O)(=O)/N=c2\oc3ccccc3c(C)c2-c2ccccc2)cc1. The van der Waals surface area contributed by atoms with Crippen molar-refractivity contribution in [2.45, 2.75) is 18.7 Å². The van der Waals surface area contributed by atoms with Crippen molar-refractivity contribution in [1.82, 2.24) is 0 Å². The predicted molar refractivity (Wildman–Crippen MR) is 110 cm³/mol. The number of benzene rings is 3. The Morgan fingerprint density at radius 3 is 2.14 bits per heavy atom. The molecule has 0 bridgehead atoms. The molecule has 0 radical (unpaired) electrons. The van der Waals surface area contributed by atoms with Gasteiger partial charge >= 0.3 is 0 Å². The van der Waals surface area contributed by atoms with E-state index in [-0.39, 0.29) is 10.4 Å². The van der Waals surface area contributed by atoms with Gasteiger partial charge in [0.25, 0.3) is 10.0 Å². The van der Waals surface area contributed by atoms with Gasteiger partial charge in [-0.1, -0.05) is 66.2 Å². The Morgan fingerprint density at radius 2 is 1.43 bits per heavy atom. The number of hydrogen-bond donors (Lipinski definition) is 0. The Labute approximate surface area is 163 Å². The highest BCUT2D eigenvalue weighted by Gasteiger charge is 2.17. The molecule has 0 aliphatic carbocycles. The Morgan fingerprint density at radius 1 is 0.786 bits per heavy atom. The minimum absolute atomic E-state index is 0.0861. The van der Waals surface area contributed by atoms with E-state index in [1.165, 1.54) is 0 Å². The standard InChI is InChI=1S/C23H19NO3S/c1-16-12-14-19(15-13-16)28(25,26)24-23-22(18-8-4-3-5-9-18)17(2)20-10-6-7-11-21(20)27-23/h3-15H,1-2H3/b24-23-. The van der Waals surface area contributed by atoms with Crippen LogP contribution in [0, 0.1) is 13.8 Å². The van der Waals surface area contributed by atoms with Gasteiger partial charge in [-0.05, 0) is 43.2 Å². The number of nitrogens with zero attached hydrogens (tertiary/aromatic N) is 1. The fraction of sp³-hybridized carbons (Fsp3) is 0.0870. The van der Waals surface area contributed by atoms with Crippen LogP contribution in [0.3, 0.4) is 0 Å². The summed E-state index contributed by atoms with van der Waals surface area (Å²) in [5.74, 6) is 0. The van der Waals surface area contributed by atoms with E-state index in [0.717, 1.165) is 22.1 Å². The molecule has 1 heterocycles. The summed E-state index contributed by atoms with van der Waals surface area (Å²) in [5.41, 5.74) is 4.11. The summed E-state index contributed by atoms with van der Waals surface area (Å²) in [6, 6.07) is 23.7. The van der Waals surface area contributed by atoms with E-state index in [1.807, 2.05) is 68.4 Å². The van der Waals surface area contributed by atoms with Gasteiger partial charge < -0.3 is 4.42 Å². The molecule has 5 heteroatoms. The first-order valence-corrected chi connectivity index (χ1v) is 10.4. The van der Waals surface area contributed by atoms with E-state index in [0.29, 0.717) is 11.1 Å². The molecule has 0 N–H and O–H groups in total. The molecule has 0 saturated carbocycles. The highest BCUT2D eigenvalue weighted by Crippen LogP contribution is 2.27. The van der Waals surface area contributed by atoms with Crippen LogP contribution in [0.15, 0.2) is 92.6 Å². The van der Waals surface area contributed by atoms with E-state index in [9.17, 15) is 8.42 Å². The van der Waals surface area contributed by atoms with Gasteiger partial charge in [0.2, 0.25) is 5.55 Å². The predicted octanol–water partition coefficient (Wildman–Crippen LogP) is 5.01. The van der Waals surface area contributed by atoms with Gasteiger partial charge in [0, 0.05) is 10.9 Å². The van der Waals surface area contributed by atoms with E-state index in [1.54, 1.807) is 24.3 Å². The van der Waals surface area contributed by atoms with Crippen LogP contribution in [0.25, 0.3) is 22.1 Å². The third kappa shape index (κ3) is 3.37. The molecular formula is C23H19NO3S. The second-order valence-electron chi connectivity index (χ2n) is 6.65. The zero-order valence-corrected chi connectivity index (χ0v) is 16.4. The van der Waals surface area contributed by atoms with Gasteiger partial charge in [0.1, 0.15) is 5.58 Å². The average molecular weight is 389 g/mol. The molecule has 0 fully saturated rings. The lowest BCUT2D eigenvalue weighted by molar-refractivity contribution is 0.542. The summed E-state index contributed by atoms with van der Waals surface area (Å²) in [5, 5.41) is 0.924. The number of hydrogen-bond acceptors (Lipinski definition) is 3. The molecule has 4 rings (SSSR count). The molecule has 0 aliphatic rings. The molecule has 4 nitrogen and oxygen atoms in total. The summed E-state index contributed by atoms with van der Waals surface area (Å²) in [6.07, 6.45) is 0. The number of para-hydroxylation sites is 1. The van der Waals surface area contributed by atoms with Gasteiger partial charge in [0.15, 0.2) is 0 Å². The summed E-state index contributed by atoms with van der Waals surface area (Å²) >= 11 is 0. The summed E-state index contributed by atoms with van der Waals surface area (Å²) < 4.78 is 35.9. The van der Waals surface area contributed by atoms with Crippen molar-refractivity contribution in [1.29, 1.82) is 0 Å². The van der Waals surface area contributed by atoms with Gasteiger partial charge in [-0.2, -0.15) is 8.42 Å². The smallest absolute Gasteiger partial charge is 0.285 e. The van der Waals surface area contributed by atoms with Crippen LogP contribution >= 0.6 is 0 Å². The maximum absolute atomic E-state index is 12.9. The zero-order valence-electron chi connectivity index (χ0n) is 15.6. The minimum Gasteiger partial charge on any atom is -0.437 e. The third-order valence-electron chi connectivity index (χ3n) is 4.67. The van der Waals surface area contributed by atoms with E-state index >= 15 is 0 Å². The van der Waals surface area contributed by atoms with Gasteiger partial charge in [-0.25, -0.2) is 0 Å². The summed E-state index contributed by atoms with van der Waals surface area (Å²) in [6.45, 7) is 3.86. The van der Waals surface area contributed by atoms with Crippen molar-refractivity contribution in [3.05, 3.63) is 95.5 Å². The Kier molecular flexibility index (Phi) is 4.61. The second kappa shape index (κ2) is 7.09. The Hall–Kier alpha value is -3.18. The number of aryl methyl sites for hydroxylation is 2. The van der Waals surface area contributed by atoms with Gasteiger partial charge in [-0.15, -0.1) is 4.40 Å². The van der Waals surface area contributed by atoms with Crippen molar-refractivity contribution in [2.75, 3.05) is 0 Å². The van der Waals surface area contributed by atoms with Crippen molar-refractivity contribution in [2.24, 2.45) is 4.40 Å². The molecular weight excluding hydrogens is 370 g/mol. The van der Waals surface area contributed by atoms with Crippen molar-refractivity contribution < 1.29 is 12.8 Å². The maximum atomic E-state index is 12.9. The molecule has 1 aromatic heterocycles. The van der Waals surface area contributed by atoms with E-state index in [4.69, 9.17) is 4.42 Å². The molecule has 0 unspecified atom stereocenters. The summed E-state index contributed by atoms with van der Waals surface area (Å²) in [4.78, 5) is 0.137. The average Bonchev–Trinajstić information content (AvgIpc) is 2.69. The lowest BCUT2D eigenvalue weighted by atomic mass is 10.00. The van der Waals surface area contributed by atoms with E-state index in [2.05, 4.69) is 4.40 Å². The summed E-state index contributed by atoms with van der Waals surface area (Å²) in [7, 11) is -3.91. The zero-order chi connectivity index (χ0) is 19.7. The molecule has 28 heavy (non-hydrogen) atoms. The molecule has 0 amide bonds. The van der Waals surface area contributed by atoms with Crippen LogP contribution in [-0.4, -0.2) is 8.42 Å². The monoisotopic (exact) mass is 389 g/mol. The second-order valence-corrected chi connectivity index (χ2v) is 8.25. The van der Waals surface area contributed by atoms with Crippen LogP contribution in [-0.2, 0) is 10.0 Å². The molecule has 0 saturated heterocycles. The lowest BCUT2D eigenvalue weighted by Crippen LogP contribution is -2.12. The highest BCUT2D eigenvalue weighted by atomic mass is 32.2. The molecule has 3 aromatic carbocycles. The number of fused-ring (bicyclic) bond motifs is 1. The lowest BCUT2D eigenvalue weighted by Gasteiger charge is -2.10. The fourth-order valence-corrected chi connectivity index (χ4v) is 4.13. The molecule has 0 spiro atoms. The van der Waals surface area contributed by atoms with E-state index < -0.39 is 10.0 Å². The maximum Gasteiger partial charge on any atom is 0.285 e. The Bertz CT molecular complexity index is 1320. The quantitative estimate of drug-likeness (QED) is 0.495. The number of rotatable bonds is 3. The van der Waals surface area contributed by atoms with Crippen molar-refractivity contribution in [3.63, 3.8) is 0 Å². The van der Waals surface area contributed by atoms with Crippen molar-refractivity contribution in [3.8, 4) is 11.1 Å². The Balaban J connectivity index is 2.05. The van der Waals surface area contributed by atoms with Crippen molar-refractivity contribution >= 4 is 21.0 Å². The van der Waals surface area contributed by atoms with Crippen LogP contribution < -0.4 is 5.55 Å². The van der Waals surface area contributed by atoms with Crippen LogP contribution in [0.2, 0.25) is 0 Å². The van der Waals surface area contributed by atoms with Crippen LogP contribution in [0.4, 0.5) is 0 Å². The topological polar surface area (TPSA) is 59.6 Å². The number of sulfonamides is 1. The molecule has 0 atom stereocenters. The first-order valence-electron chi connectivity index (χ1n) is 8.91. The third-order valence-corrected chi connectivity index (χ3v) is 5.95.